The normalized spacial score (nSPS) is 26.7. The van der Waals surface area contributed by atoms with Crippen LogP contribution in [-0.2, 0) is 0 Å². The molecule has 0 saturated heterocycles. The van der Waals surface area contributed by atoms with Crippen LogP contribution < -0.4 is 0 Å². The van der Waals surface area contributed by atoms with E-state index < -0.39 is 0 Å². The third-order valence-corrected chi connectivity index (χ3v) is 11.4. The molecule has 0 atom stereocenters. The van der Waals surface area contributed by atoms with Gasteiger partial charge in [0.1, 0.15) is 0 Å². The third kappa shape index (κ3) is 3.34. The Bertz CT molecular complexity index is 297. The first kappa shape index (κ1) is 13.5. The van der Waals surface area contributed by atoms with E-state index in [1.54, 1.807) is 0 Å². The van der Waals surface area contributed by atoms with Gasteiger partial charge in [-0.15, -0.1) is 0 Å². The molecule has 0 spiro atoms. The number of allylic oxidation sites excluding steroid dienone is 4. The average molecular weight is 374 g/mol. The molecule has 0 saturated carbocycles. The van der Waals surface area contributed by atoms with Crippen molar-refractivity contribution in [2.75, 3.05) is 0 Å². The van der Waals surface area contributed by atoms with E-state index in [0.717, 1.165) is 29.9 Å². The van der Waals surface area contributed by atoms with Crippen LogP contribution in [0.15, 0.2) is 17.9 Å². The van der Waals surface area contributed by atoms with Crippen molar-refractivity contribution >= 4 is 29.9 Å². The Balaban J connectivity index is 1.76. The van der Waals surface area contributed by atoms with Crippen molar-refractivity contribution in [3.63, 3.8) is 0 Å². The van der Waals surface area contributed by atoms with Crippen LogP contribution >= 0.6 is 0 Å². The van der Waals surface area contributed by atoms with E-state index in [1.807, 2.05) is 17.9 Å². The fourth-order valence-corrected chi connectivity index (χ4v) is 10.1. The van der Waals surface area contributed by atoms with Gasteiger partial charge >= 0.3 is 125 Å². The molecule has 100 valence electrons. The molecule has 18 heavy (non-hydrogen) atoms. The molecule has 3 rings (SSSR count). The van der Waals surface area contributed by atoms with Crippen molar-refractivity contribution in [3.8, 4) is 0 Å². The third-order valence-electron chi connectivity index (χ3n) is 4.23. The van der Waals surface area contributed by atoms with Crippen LogP contribution in [0.2, 0.25) is 0 Å². The molecule has 0 aromatic heterocycles. The summed E-state index contributed by atoms with van der Waals surface area (Å²) in [6, 6.07) is 0. The first-order valence-electron chi connectivity index (χ1n) is 7.73. The van der Waals surface area contributed by atoms with E-state index in [2.05, 4.69) is 0 Å². The zero-order chi connectivity index (χ0) is 12.2. The van der Waals surface area contributed by atoms with Gasteiger partial charge in [-0.3, -0.25) is 0 Å². The van der Waals surface area contributed by atoms with Crippen molar-refractivity contribution in [2.45, 2.75) is 77.0 Å². The molecule has 0 radical (unpaired) electrons. The number of hydrogen-bond donors (Lipinski definition) is 0. The summed E-state index contributed by atoms with van der Waals surface area (Å²) in [4.78, 5) is 0. The van der Waals surface area contributed by atoms with Crippen LogP contribution in [0.4, 0.5) is 0 Å². The van der Waals surface area contributed by atoms with Crippen LogP contribution in [0, 0.1) is 0 Å². The van der Waals surface area contributed by atoms with Crippen LogP contribution in [0.3, 0.4) is 0 Å². The minimum absolute atomic E-state index is 0.777. The van der Waals surface area contributed by atoms with E-state index in [-0.39, 0.29) is 0 Å². The zero-order valence-corrected chi connectivity index (χ0v) is 14.7. The molecule has 0 aromatic rings. The molecule has 2 aliphatic carbocycles. The van der Waals surface area contributed by atoms with Crippen molar-refractivity contribution < 1.29 is 0 Å². The summed E-state index contributed by atoms with van der Waals surface area (Å²) < 4.78 is 7.84. The molecule has 2 heteroatoms. The Labute approximate surface area is 124 Å². The molecule has 1 aliphatic heterocycles. The van der Waals surface area contributed by atoms with Crippen molar-refractivity contribution in [2.24, 2.45) is 0 Å². The Kier molecular flexibility index (Phi) is 5.10. The minimum atomic E-state index is 0.777. The quantitative estimate of drug-likeness (QED) is 0.546. The van der Waals surface area contributed by atoms with E-state index in [0.29, 0.717) is 0 Å². The summed E-state index contributed by atoms with van der Waals surface area (Å²) in [7, 11) is 0. The van der Waals surface area contributed by atoms with Gasteiger partial charge in [-0.25, -0.2) is 0 Å². The SMILES string of the molecule is C1CCCC2=C(CC1)[Se]C1=C(CCCCCC1)[Se]2. The average Bonchev–Trinajstić information content (AvgIpc) is 2.32. The van der Waals surface area contributed by atoms with Crippen LogP contribution in [0.1, 0.15) is 77.0 Å². The van der Waals surface area contributed by atoms with E-state index in [1.165, 1.54) is 77.0 Å². The molecule has 0 unspecified atom stereocenters. The van der Waals surface area contributed by atoms with Crippen LogP contribution in [0.25, 0.3) is 0 Å². The second-order valence-electron chi connectivity index (χ2n) is 5.73. The molecule has 0 amide bonds. The second kappa shape index (κ2) is 6.80. The van der Waals surface area contributed by atoms with Gasteiger partial charge in [-0.05, 0) is 0 Å². The molecule has 1 heterocycles. The fourth-order valence-electron chi connectivity index (χ4n) is 3.14. The Morgan fingerprint density at radius 3 is 0.944 bits per heavy atom. The van der Waals surface area contributed by atoms with Crippen LogP contribution in [-0.4, -0.2) is 29.9 Å². The van der Waals surface area contributed by atoms with Gasteiger partial charge in [-0.1, -0.05) is 0 Å². The molecule has 3 aliphatic rings. The van der Waals surface area contributed by atoms with E-state index in [4.69, 9.17) is 0 Å². The van der Waals surface area contributed by atoms with Gasteiger partial charge in [0, 0.05) is 0 Å². The standard InChI is InChI=1S/C16H24Se2/c1-2-6-10-14-13(9-5-1)17-15-11-7-3-4-8-12-16(15)18-14/h1-12H2. The molecule has 0 N–H and O–H groups in total. The first-order chi connectivity index (χ1) is 8.93. The Morgan fingerprint density at radius 1 is 0.389 bits per heavy atom. The molecular weight excluding hydrogens is 350 g/mol. The van der Waals surface area contributed by atoms with Gasteiger partial charge in [0.05, 0.1) is 0 Å². The van der Waals surface area contributed by atoms with Gasteiger partial charge in [-0.2, -0.15) is 0 Å². The summed E-state index contributed by atoms with van der Waals surface area (Å²) >= 11 is 1.55. The van der Waals surface area contributed by atoms with Crippen molar-refractivity contribution in [3.05, 3.63) is 17.9 Å². The topological polar surface area (TPSA) is 0 Å². The Morgan fingerprint density at radius 2 is 0.667 bits per heavy atom. The first-order valence-corrected chi connectivity index (χ1v) is 11.2. The van der Waals surface area contributed by atoms with Crippen LogP contribution in [0.5, 0.6) is 0 Å². The second-order valence-corrected chi connectivity index (χ2v) is 10.7. The summed E-state index contributed by atoms with van der Waals surface area (Å²) in [5.74, 6) is 0. The monoisotopic (exact) mass is 376 g/mol. The van der Waals surface area contributed by atoms with Crippen molar-refractivity contribution in [1.82, 2.24) is 0 Å². The van der Waals surface area contributed by atoms with Crippen molar-refractivity contribution in [1.29, 1.82) is 0 Å². The molecule has 0 fully saturated rings. The van der Waals surface area contributed by atoms with E-state index in [9.17, 15) is 0 Å². The summed E-state index contributed by atoms with van der Waals surface area (Å²) in [5.41, 5.74) is 0. The fraction of sp³-hybridized carbons (Fsp3) is 0.750. The van der Waals surface area contributed by atoms with Gasteiger partial charge in [0.2, 0.25) is 0 Å². The summed E-state index contributed by atoms with van der Waals surface area (Å²) in [5, 5.41) is 0. The maximum atomic E-state index is 1.96. The van der Waals surface area contributed by atoms with E-state index >= 15 is 0 Å². The predicted octanol–water partition coefficient (Wildman–Crippen LogP) is 4.54. The Hall–Kier alpha value is 0.519. The summed E-state index contributed by atoms with van der Waals surface area (Å²) in [6.07, 6.45) is 17.8. The predicted molar refractivity (Wildman–Crippen MR) is 81.0 cm³/mol. The van der Waals surface area contributed by atoms with Gasteiger partial charge in [0.15, 0.2) is 0 Å². The number of rotatable bonds is 0. The molecule has 0 nitrogen and oxygen atoms in total. The molecule has 0 aromatic carbocycles. The van der Waals surface area contributed by atoms with Gasteiger partial charge < -0.3 is 0 Å². The maximum absolute atomic E-state index is 1.96. The summed E-state index contributed by atoms with van der Waals surface area (Å²) in [6.45, 7) is 0. The molecular formula is C16H24Se2. The van der Waals surface area contributed by atoms with Gasteiger partial charge in [0.25, 0.3) is 0 Å². The molecule has 0 bridgehead atoms. The zero-order valence-electron chi connectivity index (χ0n) is 11.3. The number of hydrogen-bond acceptors (Lipinski definition) is 0.